The Bertz CT molecular complexity index is 1510. The SMILES string of the molecule is COC(=O)c1csc(NC(=O)C(Cc2ccc(-c3ccccc3)cc2)N2C(=O)NC(c3ccccc3)C2=O)n1. The minimum Gasteiger partial charge on any atom is -0.464 e. The number of carbonyl (C=O) groups excluding carboxylic acids is 4. The Kier molecular flexibility index (Phi) is 7.46. The van der Waals surface area contributed by atoms with Crippen LogP contribution >= 0.6 is 11.3 Å². The molecule has 1 saturated heterocycles. The van der Waals surface area contributed by atoms with Gasteiger partial charge in [0.25, 0.3) is 5.91 Å². The average molecular weight is 541 g/mol. The van der Waals surface area contributed by atoms with Gasteiger partial charge in [0.05, 0.1) is 7.11 Å². The lowest BCUT2D eigenvalue weighted by atomic mass is 9.99. The van der Waals surface area contributed by atoms with Gasteiger partial charge >= 0.3 is 12.0 Å². The lowest BCUT2D eigenvalue weighted by Gasteiger charge is -2.24. The van der Waals surface area contributed by atoms with Crippen molar-refractivity contribution >= 4 is 40.3 Å². The third-order valence-electron chi connectivity index (χ3n) is 6.34. The number of nitrogens with one attached hydrogen (secondary N) is 2. The Labute approximate surface area is 228 Å². The molecule has 1 fully saturated rings. The molecule has 0 radical (unpaired) electrons. The van der Waals surface area contributed by atoms with E-state index in [1.54, 1.807) is 24.3 Å². The normalized spacial score (nSPS) is 15.5. The minimum absolute atomic E-state index is 0.0463. The number of rotatable bonds is 8. The highest BCUT2D eigenvalue weighted by molar-refractivity contribution is 7.14. The summed E-state index contributed by atoms with van der Waals surface area (Å²) in [5.74, 6) is -1.77. The van der Waals surface area contributed by atoms with Crippen molar-refractivity contribution < 1.29 is 23.9 Å². The van der Waals surface area contributed by atoms with Crippen LogP contribution in [0.3, 0.4) is 0 Å². The summed E-state index contributed by atoms with van der Waals surface area (Å²) in [6, 6.07) is 23.6. The summed E-state index contributed by atoms with van der Waals surface area (Å²) in [5, 5.41) is 6.96. The first-order valence-electron chi connectivity index (χ1n) is 12.1. The van der Waals surface area contributed by atoms with Gasteiger partial charge in [-0.05, 0) is 22.3 Å². The van der Waals surface area contributed by atoms with Crippen LogP contribution in [-0.2, 0) is 20.7 Å². The van der Waals surface area contributed by atoms with E-state index in [9.17, 15) is 19.2 Å². The fraction of sp³-hybridized carbons (Fsp3) is 0.138. The number of carbonyl (C=O) groups is 4. The smallest absolute Gasteiger partial charge is 0.357 e. The molecule has 39 heavy (non-hydrogen) atoms. The summed E-state index contributed by atoms with van der Waals surface area (Å²) < 4.78 is 4.67. The number of benzene rings is 3. The van der Waals surface area contributed by atoms with Gasteiger partial charge in [0, 0.05) is 11.8 Å². The van der Waals surface area contributed by atoms with Crippen molar-refractivity contribution in [1.29, 1.82) is 0 Å². The van der Waals surface area contributed by atoms with Crippen molar-refractivity contribution in [2.45, 2.75) is 18.5 Å². The van der Waals surface area contributed by atoms with Crippen molar-refractivity contribution in [2.24, 2.45) is 0 Å². The molecule has 1 aliphatic heterocycles. The molecule has 0 bridgehead atoms. The van der Waals surface area contributed by atoms with Gasteiger partial charge < -0.3 is 15.4 Å². The summed E-state index contributed by atoms with van der Waals surface area (Å²) in [4.78, 5) is 56.9. The number of amides is 4. The largest absolute Gasteiger partial charge is 0.464 e. The molecule has 4 aromatic rings. The molecule has 10 heteroatoms. The van der Waals surface area contributed by atoms with Crippen LogP contribution in [0.2, 0.25) is 0 Å². The highest BCUT2D eigenvalue weighted by atomic mass is 32.1. The average Bonchev–Trinajstić information content (AvgIpc) is 3.56. The first-order chi connectivity index (χ1) is 18.9. The molecule has 4 amide bonds. The Morgan fingerprint density at radius 1 is 0.974 bits per heavy atom. The van der Waals surface area contributed by atoms with Crippen molar-refractivity contribution in [3.63, 3.8) is 0 Å². The fourth-order valence-corrected chi connectivity index (χ4v) is 5.05. The van der Waals surface area contributed by atoms with Crippen LogP contribution < -0.4 is 10.6 Å². The number of imide groups is 1. The molecule has 0 saturated carbocycles. The maximum Gasteiger partial charge on any atom is 0.357 e. The zero-order valence-corrected chi connectivity index (χ0v) is 21.7. The van der Waals surface area contributed by atoms with Crippen molar-refractivity contribution in [2.75, 3.05) is 12.4 Å². The van der Waals surface area contributed by atoms with E-state index in [4.69, 9.17) is 0 Å². The molecule has 2 N–H and O–H groups in total. The topological polar surface area (TPSA) is 118 Å². The van der Waals surface area contributed by atoms with Crippen molar-refractivity contribution in [3.8, 4) is 11.1 Å². The van der Waals surface area contributed by atoms with Gasteiger partial charge in [-0.2, -0.15) is 0 Å². The van der Waals surface area contributed by atoms with E-state index < -0.39 is 35.9 Å². The second-order valence-electron chi connectivity index (χ2n) is 8.80. The minimum atomic E-state index is -1.17. The maximum absolute atomic E-state index is 13.5. The van der Waals surface area contributed by atoms with Gasteiger partial charge in [-0.3, -0.25) is 9.59 Å². The fourth-order valence-electron chi connectivity index (χ4n) is 4.37. The van der Waals surface area contributed by atoms with E-state index in [1.165, 1.54) is 12.5 Å². The molecule has 2 atom stereocenters. The molecule has 5 rings (SSSR count). The van der Waals surface area contributed by atoms with Gasteiger partial charge in [-0.1, -0.05) is 84.9 Å². The summed E-state index contributed by atoms with van der Waals surface area (Å²) >= 11 is 1.04. The number of ether oxygens (including phenoxy) is 1. The first-order valence-corrected chi connectivity index (χ1v) is 13.0. The molecule has 1 aliphatic rings. The predicted octanol–water partition coefficient (Wildman–Crippen LogP) is 4.44. The van der Waals surface area contributed by atoms with Gasteiger partial charge in [0.2, 0.25) is 5.91 Å². The Hall–Kier alpha value is -4.83. The number of anilines is 1. The lowest BCUT2D eigenvalue weighted by Crippen LogP contribution is -2.49. The van der Waals surface area contributed by atoms with Crippen LogP contribution in [0.25, 0.3) is 11.1 Å². The second-order valence-corrected chi connectivity index (χ2v) is 9.66. The number of nitrogens with zero attached hydrogens (tertiary/aromatic N) is 2. The summed E-state index contributed by atoms with van der Waals surface area (Å²) in [6.07, 6.45) is 0.0802. The van der Waals surface area contributed by atoms with Crippen molar-refractivity contribution in [3.05, 3.63) is 107 Å². The van der Waals surface area contributed by atoms with Crippen LogP contribution in [0.1, 0.15) is 27.7 Å². The highest BCUT2D eigenvalue weighted by Gasteiger charge is 2.45. The van der Waals surface area contributed by atoms with Crippen molar-refractivity contribution in [1.82, 2.24) is 15.2 Å². The standard InChI is InChI=1S/C29H24N4O5S/c1-38-27(36)22-17-39-28(30-22)32-25(34)23(16-18-12-14-20(15-13-18)19-8-4-2-5-9-19)33-26(35)24(31-29(33)37)21-10-6-3-7-11-21/h2-15,17,23-24H,16H2,1H3,(H,31,37)(H,30,32,34). The summed E-state index contributed by atoms with van der Waals surface area (Å²) in [6.45, 7) is 0. The van der Waals surface area contributed by atoms with Crippen LogP contribution in [0.5, 0.6) is 0 Å². The molecule has 9 nitrogen and oxygen atoms in total. The molecule has 1 aromatic heterocycles. The molecule has 0 aliphatic carbocycles. The molecular formula is C29H24N4O5S. The summed E-state index contributed by atoms with van der Waals surface area (Å²) in [5.41, 5.74) is 3.46. The number of thiazole rings is 1. The number of urea groups is 1. The lowest BCUT2D eigenvalue weighted by molar-refractivity contribution is -0.134. The maximum atomic E-state index is 13.5. The Balaban J connectivity index is 1.42. The van der Waals surface area contributed by atoms with Gasteiger partial charge in [0.1, 0.15) is 12.1 Å². The zero-order chi connectivity index (χ0) is 27.4. The molecule has 0 spiro atoms. The highest BCUT2D eigenvalue weighted by Crippen LogP contribution is 2.27. The number of methoxy groups -OCH3 is 1. The van der Waals surface area contributed by atoms with Gasteiger partial charge in [0.15, 0.2) is 10.8 Å². The Morgan fingerprint density at radius 2 is 1.62 bits per heavy atom. The van der Waals surface area contributed by atoms with Gasteiger partial charge in [-0.25, -0.2) is 19.5 Å². The third-order valence-corrected chi connectivity index (χ3v) is 7.09. The van der Waals surface area contributed by atoms with Gasteiger partial charge in [-0.15, -0.1) is 11.3 Å². The molecule has 196 valence electrons. The molecular weight excluding hydrogens is 516 g/mol. The van der Waals surface area contributed by atoms with E-state index in [0.717, 1.165) is 32.9 Å². The second kappa shape index (κ2) is 11.3. The van der Waals surface area contributed by atoms with E-state index >= 15 is 0 Å². The van der Waals surface area contributed by atoms with E-state index in [-0.39, 0.29) is 17.2 Å². The zero-order valence-electron chi connectivity index (χ0n) is 20.9. The number of hydrogen-bond donors (Lipinski definition) is 2. The van der Waals surface area contributed by atoms with E-state index in [2.05, 4.69) is 20.4 Å². The van der Waals surface area contributed by atoms with Crippen LogP contribution in [0, 0.1) is 0 Å². The quantitative estimate of drug-likeness (QED) is 0.252. The summed E-state index contributed by atoms with van der Waals surface area (Å²) in [7, 11) is 1.24. The van der Waals surface area contributed by atoms with Crippen LogP contribution in [-0.4, -0.2) is 46.9 Å². The van der Waals surface area contributed by atoms with E-state index in [0.29, 0.717) is 5.56 Å². The number of hydrogen-bond acceptors (Lipinski definition) is 7. The van der Waals surface area contributed by atoms with Crippen LogP contribution in [0.15, 0.2) is 90.3 Å². The number of esters is 1. The molecule has 2 heterocycles. The predicted molar refractivity (Wildman–Crippen MR) is 146 cm³/mol. The number of aromatic nitrogens is 1. The van der Waals surface area contributed by atoms with E-state index in [1.807, 2.05) is 60.7 Å². The molecule has 3 aromatic carbocycles. The third kappa shape index (κ3) is 5.55. The van der Waals surface area contributed by atoms with Crippen LogP contribution in [0.4, 0.5) is 9.93 Å². The first kappa shape index (κ1) is 25.8. The monoisotopic (exact) mass is 540 g/mol. The Morgan fingerprint density at radius 3 is 2.28 bits per heavy atom. The molecule has 2 unspecified atom stereocenters.